The molecular formula is C21H28N6OS. The number of likely N-dealkylation sites (tertiary alicyclic amines) is 1. The van der Waals surface area contributed by atoms with Crippen molar-refractivity contribution in [3.05, 3.63) is 29.0 Å². The molecule has 0 spiro atoms. The number of anilines is 1. The van der Waals surface area contributed by atoms with Gasteiger partial charge in [-0.3, -0.25) is 4.79 Å². The molecule has 1 saturated heterocycles. The smallest absolute Gasteiger partial charge is 0.223 e. The van der Waals surface area contributed by atoms with Gasteiger partial charge in [0.1, 0.15) is 11.5 Å². The van der Waals surface area contributed by atoms with Crippen LogP contribution in [0.4, 0.5) is 5.82 Å². The quantitative estimate of drug-likeness (QED) is 0.664. The molecule has 0 unspecified atom stereocenters. The largest absolute Gasteiger partial charge is 0.367 e. The molecule has 3 aromatic rings. The highest BCUT2D eigenvalue weighted by Gasteiger charge is 2.28. The molecule has 1 aliphatic heterocycles. The van der Waals surface area contributed by atoms with Gasteiger partial charge in [-0.2, -0.15) is 0 Å². The molecule has 8 heteroatoms. The fraction of sp³-hybridized carbons (Fsp3) is 0.524. The Labute approximate surface area is 175 Å². The van der Waals surface area contributed by atoms with E-state index in [1.165, 1.54) is 0 Å². The Morgan fingerprint density at radius 1 is 1.34 bits per heavy atom. The predicted molar refractivity (Wildman–Crippen MR) is 116 cm³/mol. The number of aryl methyl sites for hydroxylation is 2. The van der Waals surface area contributed by atoms with Gasteiger partial charge in [-0.25, -0.2) is 14.5 Å². The van der Waals surface area contributed by atoms with Crippen molar-refractivity contribution in [2.75, 3.05) is 18.4 Å². The molecule has 0 bridgehead atoms. The second-order valence-electron chi connectivity index (χ2n) is 8.14. The molecule has 154 valence electrons. The van der Waals surface area contributed by atoms with Gasteiger partial charge in [0, 0.05) is 25.6 Å². The van der Waals surface area contributed by atoms with Crippen LogP contribution in [0.1, 0.15) is 43.8 Å². The molecule has 1 atom stereocenters. The lowest BCUT2D eigenvalue weighted by atomic mass is 10.1. The monoisotopic (exact) mass is 412 g/mol. The average Bonchev–Trinajstić information content (AvgIpc) is 3.37. The van der Waals surface area contributed by atoms with E-state index in [1.807, 2.05) is 41.6 Å². The number of nitrogens with zero attached hydrogens (tertiary/aromatic N) is 5. The van der Waals surface area contributed by atoms with Crippen molar-refractivity contribution in [3.8, 4) is 10.6 Å². The van der Waals surface area contributed by atoms with Crippen LogP contribution in [0.5, 0.6) is 0 Å². The maximum atomic E-state index is 12.5. The second kappa shape index (κ2) is 8.10. The van der Waals surface area contributed by atoms with Crippen LogP contribution in [0, 0.1) is 19.8 Å². The summed E-state index contributed by atoms with van der Waals surface area (Å²) in [7, 11) is 0. The standard InChI is InChI=1S/C21H28N6OS/c1-13(2)10-20(28)26-9-5-6-16(26)11-22-18-7-8-19-23-12-17(27(19)25-18)21-14(3)24-15(4)29-21/h7-8,12-13,16H,5-6,9-11H2,1-4H3,(H,22,25)/t16-/m0/s1. The molecule has 0 aliphatic carbocycles. The summed E-state index contributed by atoms with van der Waals surface area (Å²) in [5.41, 5.74) is 2.77. The van der Waals surface area contributed by atoms with Crippen LogP contribution in [0.2, 0.25) is 0 Å². The van der Waals surface area contributed by atoms with E-state index < -0.39 is 0 Å². The molecule has 7 nitrogen and oxygen atoms in total. The van der Waals surface area contributed by atoms with Gasteiger partial charge in [-0.1, -0.05) is 13.8 Å². The number of carbonyl (C=O) groups excluding carboxylic acids is 1. The van der Waals surface area contributed by atoms with Crippen LogP contribution in [-0.4, -0.2) is 49.5 Å². The molecule has 29 heavy (non-hydrogen) atoms. The number of amides is 1. The summed E-state index contributed by atoms with van der Waals surface area (Å²) in [5.74, 6) is 1.44. The summed E-state index contributed by atoms with van der Waals surface area (Å²) in [5, 5.41) is 9.24. The normalized spacial score (nSPS) is 16.9. The maximum absolute atomic E-state index is 12.5. The molecule has 1 fully saturated rings. The SMILES string of the molecule is Cc1nc(C)c(-c2cnc3ccc(NC[C@@H]4CCCN4C(=O)CC(C)C)nn23)s1. The first-order chi connectivity index (χ1) is 13.9. The van der Waals surface area contributed by atoms with Crippen molar-refractivity contribution in [1.82, 2.24) is 24.5 Å². The van der Waals surface area contributed by atoms with E-state index in [4.69, 9.17) is 5.10 Å². The molecule has 1 amide bonds. The van der Waals surface area contributed by atoms with Crippen LogP contribution in [0.15, 0.2) is 18.3 Å². The lowest BCUT2D eigenvalue weighted by molar-refractivity contribution is -0.132. The second-order valence-corrected chi connectivity index (χ2v) is 9.34. The first kappa shape index (κ1) is 19.8. The van der Waals surface area contributed by atoms with Gasteiger partial charge in [0.05, 0.1) is 21.8 Å². The Balaban J connectivity index is 1.51. The number of fused-ring (bicyclic) bond motifs is 1. The molecule has 0 saturated carbocycles. The maximum Gasteiger partial charge on any atom is 0.223 e. The Morgan fingerprint density at radius 3 is 2.90 bits per heavy atom. The van der Waals surface area contributed by atoms with E-state index in [0.717, 1.165) is 52.1 Å². The minimum Gasteiger partial charge on any atom is -0.367 e. The van der Waals surface area contributed by atoms with Gasteiger partial charge in [-0.15, -0.1) is 16.4 Å². The number of carbonyl (C=O) groups is 1. The molecule has 1 aliphatic rings. The summed E-state index contributed by atoms with van der Waals surface area (Å²) in [4.78, 5) is 24.7. The van der Waals surface area contributed by atoms with Crippen molar-refractivity contribution in [2.24, 2.45) is 5.92 Å². The summed E-state index contributed by atoms with van der Waals surface area (Å²) < 4.78 is 1.87. The zero-order chi connectivity index (χ0) is 20.5. The Hall–Kier alpha value is -2.48. The van der Waals surface area contributed by atoms with Crippen LogP contribution in [-0.2, 0) is 4.79 Å². The molecule has 0 radical (unpaired) electrons. The molecule has 0 aromatic carbocycles. The number of thiazole rings is 1. The van der Waals surface area contributed by atoms with Gasteiger partial charge in [0.15, 0.2) is 5.65 Å². The zero-order valence-electron chi connectivity index (χ0n) is 17.5. The Kier molecular flexibility index (Phi) is 5.54. The highest BCUT2D eigenvalue weighted by Crippen LogP contribution is 2.30. The molecular weight excluding hydrogens is 384 g/mol. The number of aromatic nitrogens is 4. The lowest BCUT2D eigenvalue weighted by Gasteiger charge is -2.26. The first-order valence-electron chi connectivity index (χ1n) is 10.2. The Bertz CT molecular complexity index is 1020. The number of imidazole rings is 1. The predicted octanol–water partition coefficient (Wildman–Crippen LogP) is 3.92. The third-order valence-electron chi connectivity index (χ3n) is 5.30. The van der Waals surface area contributed by atoms with E-state index in [9.17, 15) is 4.79 Å². The van der Waals surface area contributed by atoms with E-state index in [-0.39, 0.29) is 11.9 Å². The Morgan fingerprint density at radius 2 is 2.17 bits per heavy atom. The summed E-state index contributed by atoms with van der Waals surface area (Å²) >= 11 is 1.66. The minimum absolute atomic E-state index is 0.229. The van der Waals surface area contributed by atoms with E-state index in [1.54, 1.807) is 11.3 Å². The lowest BCUT2D eigenvalue weighted by Crippen LogP contribution is -2.40. The zero-order valence-corrected chi connectivity index (χ0v) is 18.3. The van der Waals surface area contributed by atoms with Gasteiger partial charge in [-0.05, 0) is 44.7 Å². The van der Waals surface area contributed by atoms with Gasteiger partial charge < -0.3 is 10.2 Å². The van der Waals surface area contributed by atoms with E-state index in [2.05, 4.69) is 29.1 Å². The van der Waals surface area contributed by atoms with E-state index in [0.29, 0.717) is 18.9 Å². The van der Waals surface area contributed by atoms with Crippen molar-refractivity contribution in [1.29, 1.82) is 0 Å². The summed E-state index contributed by atoms with van der Waals surface area (Å²) in [6.07, 6.45) is 4.58. The number of nitrogens with one attached hydrogen (secondary N) is 1. The van der Waals surface area contributed by atoms with Crippen LogP contribution < -0.4 is 5.32 Å². The van der Waals surface area contributed by atoms with Gasteiger partial charge in [0.2, 0.25) is 5.91 Å². The number of hydrogen-bond acceptors (Lipinski definition) is 6. The third kappa shape index (κ3) is 4.12. The van der Waals surface area contributed by atoms with Gasteiger partial charge in [0.25, 0.3) is 0 Å². The number of hydrogen-bond donors (Lipinski definition) is 1. The molecule has 3 aromatic heterocycles. The average molecular weight is 413 g/mol. The van der Waals surface area contributed by atoms with Crippen LogP contribution >= 0.6 is 11.3 Å². The minimum atomic E-state index is 0.229. The summed E-state index contributed by atoms with van der Waals surface area (Å²) in [6.45, 7) is 9.79. The molecule has 4 rings (SSSR count). The first-order valence-corrected chi connectivity index (χ1v) is 11.1. The fourth-order valence-electron chi connectivity index (χ4n) is 3.96. The van der Waals surface area contributed by atoms with Crippen molar-refractivity contribution >= 4 is 28.7 Å². The highest BCUT2D eigenvalue weighted by molar-refractivity contribution is 7.15. The summed E-state index contributed by atoms with van der Waals surface area (Å²) in [6, 6.07) is 4.15. The van der Waals surface area contributed by atoms with Gasteiger partial charge >= 0.3 is 0 Å². The third-order valence-corrected chi connectivity index (χ3v) is 6.39. The number of rotatable bonds is 6. The molecule has 4 heterocycles. The molecule has 1 N–H and O–H groups in total. The van der Waals surface area contributed by atoms with Crippen LogP contribution in [0.3, 0.4) is 0 Å². The highest BCUT2D eigenvalue weighted by atomic mass is 32.1. The van der Waals surface area contributed by atoms with Crippen molar-refractivity contribution in [3.63, 3.8) is 0 Å². The topological polar surface area (TPSA) is 75.4 Å². The van der Waals surface area contributed by atoms with Crippen molar-refractivity contribution in [2.45, 2.75) is 53.0 Å². The van der Waals surface area contributed by atoms with Crippen molar-refractivity contribution < 1.29 is 4.79 Å². The fourth-order valence-corrected chi connectivity index (χ4v) is 4.87. The van der Waals surface area contributed by atoms with Crippen LogP contribution in [0.25, 0.3) is 16.2 Å². The van der Waals surface area contributed by atoms with E-state index >= 15 is 0 Å².